The molecule has 2 amide bonds. The zero-order valence-corrected chi connectivity index (χ0v) is 24.2. The third kappa shape index (κ3) is 5.94. The summed E-state index contributed by atoms with van der Waals surface area (Å²) in [5.41, 5.74) is 0. The van der Waals surface area contributed by atoms with E-state index in [1.165, 1.54) is 0 Å². The number of aliphatic hydroxyl groups excluding tert-OH is 1. The quantitative estimate of drug-likeness (QED) is 0.184. The number of nitrogens with zero attached hydrogens (tertiary/aromatic N) is 3. The van der Waals surface area contributed by atoms with Crippen LogP contribution < -0.4 is 0 Å². The normalized spacial score (nSPS) is 31.8. The predicted octanol–water partition coefficient (Wildman–Crippen LogP) is 2.10. The van der Waals surface area contributed by atoms with Gasteiger partial charge in [-0.3, -0.25) is 19.3 Å². The molecule has 0 radical (unpaired) electrons. The first kappa shape index (κ1) is 30.1. The van der Waals surface area contributed by atoms with Gasteiger partial charge >= 0.3 is 5.97 Å². The summed E-state index contributed by atoms with van der Waals surface area (Å²) in [6.45, 7) is 15.1. The van der Waals surface area contributed by atoms with Crippen molar-refractivity contribution in [2.24, 2.45) is 11.8 Å². The van der Waals surface area contributed by atoms with Crippen molar-refractivity contribution in [3.8, 4) is 0 Å². The second kappa shape index (κ2) is 13.2. The van der Waals surface area contributed by atoms with Crippen LogP contribution in [0.1, 0.15) is 45.4 Å². The number of carbonyl (C=O) groups excluding carboxylic acids is 3. The van der Waals surface area contributed by atoms with E-state index in [-0.39, 0.29) is 31.0 Å². The molecule has 0 aromatic rings. The Morgan fingerprint density at radius 2 is 1.90 bits per heavy atom. The fraction of sp³-hybridized carbons (Fsp3) is 0.759. The number of carbonyl (C=O) groups is 3. The van der Waals surface area contributed by atoms with Crippen molar-refractivity contribution in [2.75, 3.05) is 65.7 Å². The number of fused-ring (bicyclic) bond motifs is 1. The Hall–Kier alpha value is -1.88. The standard InChI is InChI=1S/C29H45N3O6S/c1-4-12-31(15-14-30-16-20-37-21-17-30)26(35)24-29-11-10-28(3,39-29)23(27(36)38-19-5-2)22(29)25(34)32(24)13-8-6-7-9-18-33/h4-5,22-24,33H,1-2,6-21H2,3H3/t22-,23-,24?,28+,29?/m0/s1. The fourth-order valence-electron chi connectivity index (χ4n) is 6.99. The van der Waals surface area contributed by atoms with Gasteiger partial charge in [0, 0.05) is 50.6 Å². The number of esters is 1. The van der Waals surface area contributed by atoms with E-state index in [1.54, 1.807) is 28.8 Å². The van der Waals surface area contributed by atoms with Crippen molar-refractivity contribution in [3.05, 3.63) is 25.3 Å². The summed E-state index contributed by atoms with van der Waals surface area (Å²) in [6.07, 6.45) is 7.99. The molecule has 4 aliphatic heterocycles. The highest BCUT2D eigenvalue weighted by molar-refractivity contribution is 8.02. The average Bonchev–Trinajstić information content (AvgIpc) is 3.50. The van der Waals surface area contributed by atoms with Crippen molar-refractivity contribution in [1.82, 2.24) is 14.7 Å². The van der Waals surface area contributed by atoms with E-state index in [9.17, 15) is 14.4 Å². The lowest BCUT2D eigenvalue weighted by Crippen LogP contribution is -2.56. The van der Waals surface area contributed by atoms with Crippen LogP contribution >= 0.6 is 11.8 Å². The van der Waals surface area contributed by atoms with E-state index in [4.69, 9.17) is 14.6 Å². The van der Waals surface area contributed by atoms with E-state index in [0.29, 0.717) is 32.8 Å². The smallest absolute Gasteiger partial charge is 0.311 e. The highest BCUT2D eigenvalue weighted by atomic mass is 32.2. The number of aliphatic hydroxyl groups is 1. The first-order valence-electron chi connectivity index (χ1n) is 14.4. The Balaban J connectivity index is 1.61. The van der Waals surface area contributed by atoms with Crippen molar-refractivity contribution in [3.63, 3.8) is 0 Å². The SMILES string of the molecule is C=CCOC(=O)[C@@H]1[C@H]2C(=O)N(CCCCCCO)C(C(=O)N(CC=C)CCN3CCOCC3)C23CC[C@@]1(C)S3. The first-order valence-corrected chi connectivity index (χ1v) is 15.2. The van der Waals surface area contributed by atoms with Gasteiger partial charge in [0.15, 0.2) is 0 Å². The van der Waals surface area contributed by atoms with Crippen LogP contribution in [0.2, 0.25) is 0 Å². The van der Waals surface area contributed by atoms with Crippen molar-refractivity contribution >= 4 is 29.5 Å². The summed E-state index contributed by atoms with van der Waals surface area (Å²) in [4.78, 5) is 47.8. The van der Waals surface area contributed by atoms with Crippen LogP contribution in [0, 0.1) is 11.8 Å². The number of likely N-dealkylation sites (tertiary alicyclic amines) is 1. The van der Waals surface area contributed by atoms with Gasteiger partial charge in [0.2, 0.25) is 11.8 Å². The molecule has 4 rings (SSSR count). The summed E-state index contributed by atoms with van der Waals surface area (Å²) in [6, 6.07) is -0.624. The maximum absolute atomic E-state index is 14.4. The maximum Gasteiger partial charge on any atom is 0.311 e. The number of rotatable bonds is 15. The van der Waals surface area contributed by atoms with E-state index >= 15 is 0 Å². The van der Waals surface area contributed by atoms with Gasteiger partial charge in [-0.15, -0.1) is 18.3 Å². The van der Waals surface area contributed by atoms with Gasteiger partial charge in [-0.1, -0.05) is 31.6 Å². The third-order valence-corrected chi connectivity index (χ3v) is 10.9. The average molecular weight is 564 g/mol. The molecule has 4 saturated heterocycles. The number of amides is 2. The molecule has 0 aliphatic carbocycles. The molecule has 0 aromatic heterocycles. The van der Waals surface area contributed by atoms with Gasteiger partial charge in [0.25, 0.3) is 0 Å². The molecular formula is C29H45N3O6S. The van der Waals surface area contributed by atoms with E-state index in [0.717, 1.165) is 58.2 Å². The van der Waals surface area contributed by atoms with Crippen molar-refractivity contribution in [1.29, 1.82) is 0 Å². The highest BCUT2D eigenvalue weighted by Crippen LogP contribution is 2.71. The van der Waals surface area contributed by atoms with Crippen LogP contribution in [-0.4, -0.2) is 119 Å². The minimum absolute atomic E-state index is 0.0498. The summed E-state index contributed by atoms with van der Waals surface area (Å²) in [7, 11) is 0. The number of hydrogen-bond acceptors (Lipinski definition) is 8. The number of unbranched alkanes of at least 4 members (excludes halogenated alkanes) is 3. The molecule has 9 nitrogen and oxygen atoms in total. The molecule has 5 atom stereocenters. The Labute approximate surface area is 236 Å². The van der Waals surface area contributed by atoms with Crippen molar-refractivity contribution < 1.29 is 29.0 Å². The monoisotopic (exact) mass is 563 g/mol. The summed E-state index contributed by atoms with van der Waals surface area (Å²) < 4.78 is 9.88. The van der Waals surface area contributed by atoms with Crippen LogP contribution in [0.25, 0.3) is 0 Å². The molecule has 2 unspecified atom stereocenters. The van der Waals surface area contributed by atoms with E-state index in [1.807, 2.05) is 4.90 Å². The van der Waals surface area contributed by atoms with Gasteiger partial charge in [0.1, 0.15) is 12.6 Å². The summed E-state index contributed by atoms with van der Waals surface area (Å²) in [5, 5.41) is 9.15. The molecule has 2 bridgehead atoms. The number of ether oxygens (including phenoxy) is 2. The molecule has 1 N–H and O–H groups in total. The molecule has 218 valence electrons. The molecule has 39 heavy (non-hydrogen) atoms. The predicted molar refractivity (Wildman–Crippen MR) is 151 cm³/mol. The van der Waals surface area contributed by atoms with Gasteiger partial charge in [-0.05, 0) is 32.6 Å². The minimum atomic E-state index is -0.649. The van der Waals surface area contributed by atoms with E-state index < -0.39 is 27.4 Å². The van der Waals surface area contributed by atoms with Gasteiger partial charge < -0.3 is 24.4 Å². The molecule has 0 saturated carbocycles. The molecule has 4 fully saturated rings. The van der Waals surface area contributed by atoms with Crippen molar-refractivity contribution in [2.45, 2.75) is 61.0 Å². The zero-order valence-electron chi connectivity index (χ0n) is 23.4. The Morgan fingerprint density at radius 3 is 2.59 bits per heavy atom. The second-order valence-corrected chi connectivity index (χ2v) is 13.2. The van der Waals surface area contributed by atoms with Gasteiger partial charge in [-0.25, -0.2) is 0 Å². The molecular weight excluding hydrogens is 518 g/mol. The number of thioether (sulfide) groups is 1. The van der Waals surface area contributed by atoms with Crippen LogP contribution in [0.4, 0.5) is 0 Å². The topological polar surface area (TPSA) is 99.6 Å². The summed E-state index contributed by atoms with van der Waals surface area (Å²) >= 11 is 1.67. The minimum Gasteiger partial charge on any atom is -0.461 e. The molecule has 4 aliphatic rings. The van der Waals surface area contributed by atoms with Crippen LogP contribution in [0.15, 0.2) is 25.3 Å². The van der Waals surface area contributed by atoms with Gasteiger partial charge in [0.05, 0.1) is 29.8 Å². The number of morpholine rings is 1. The third-order valence-electron chi connectivity index (χ3n) is 8.87. The maximum atomic E-state index is 14.4. The lowest BCUT2D eigenvalue weighted by atomic mass is 9.66. The lowest BCUT2D eigenvalue weighted by Gasteiger charge is -2.38. The first-order chi connectivity index (χ1) is 18.8. The van der Waals surface area contributed by atoms with Crippen LogP contribution in [-0.2, 0) is 23.9 Å². The lowest BCUT2D eigenvalue weighted by molar-refractivity contribution is -0.154. The van der Waals surface area contributed by atoms with Crippen LogP contribution in [0.3, 0.4) is 0 Å². The largest absolute Gasteiger partial charge is 0.461 e. The van der Waals surface area contributed by atoms with E-state index in [2.05, 4.69) is 25.0 Å². The summed E-state index contributed by atoms with van der Waals surface area (Å²) in [5.74, 6) is -1.67. The molecule has 10 heteroatoms. The Kier molecular flexibility index (Phi) is 10.2. The zero-order chi connectivity index (χ0) is 28.0. The molecule has 4 heterocycles. The Morgan fingerprint density at radius 1 is 1.15 bits per heavy atom. The number of hydrogen-bond donors (Lipinski definition) is 1. The second-order valence-electron chi connectivity index (χ2n) is 11.3. The van der Waals surface area contributed by atoms with Gasteiger partial charge in [-0.2, -0.15) is 0 Å². The molecule has 1 spiro atoms. The van der Waals surface area contributed by atoms with Crippen LogP contribution in [0.5, 0.6) is 0 Å². The highest BCUT2D eigenvalue weighted by Gasteiger charge is 2.77. The Bertz CT molecular complexity index is 927. The fourth-order valence-corrected chi connectivity index (χ4v) is 9.33. The molecule has 0 aromatic carbocycles.